The number of aromatic nitrogens is 2. The molecule has 3 aromatic rings. The summed E-state index contributed by atoms with van der Waals surface area (Å²) in [6, 6.07) is 13.5. The zero-order valence-corrected chi connectivity index (χ0v) is 15.8. The van der Waals surface area contributed by atoms with Crippen molar-refractivity contribution >= 4 is 17.5 Å². The first kappa shape index (κ1) is 19.0. The van der Waals surface area contributed by atoms with Gasteiger partial charge in [0.2, 0.25) is 0 Å². The van der Waals surface area contributed by atoms with Crippen LogP contribution in [0.5, 0.6) is 0 Å². The maximum atomic E-state index is 13.4. The van der Waals surface area contributed by atoms with E-state index >= 15 is 0 Å². The fraction of sp³-hybridized carbons (Fsp3) is 0.190. The standard InChI is InChI=1S/C21H19ClFN3O/c1-21(2,16-4-3-5-18(23)10-16)13-26-20(27)15-11-24-19(25-12-15)14-6-8-17(22)9-7-14/h3-12H,13H2,1-2H3,(H,26,27). The number of amides is 1. The van der Waals surface area contributed by atoms with E-state index in [1.54, 1.807) is 18.2 Å². The Labute approximate surface area is 162 Å². The van der Waals surface area contributed by atoms with Gasteiger partial charge < -0.3 is 5.32 Å². The average Bonchev–Trinajstić information content (AvgIpc) is 2.67. The second-order valence-corrected chi connectivity index (χ2v) is 7.32. The third-order valence-electron chi connectivity index (χ3n) is 4.31. The van der Waals surface area contributed by atoms with Gasteiger partial charge in [-0.2, -0.15) is 0 Å². The summed E-state index contributed by atoms with van der Waals surface area (Å²) in [6.07, 6.45) is 2.98. The Morgan fingerprint density at radius 3 is 2.41 bits per heavy atom. The molecule has 0 atom stereocenters. The molecule has 0 bridgehead atoms. The molecule has 6 heteroatoms. The summed E-state index contributed by atoms with van der Waals surface area (Å²) in [7, 11) is 0. The minimum Gasteiger partial charge on any atom is -0.351 e. The van der Waals surface area contributed by atoms with Gasteiger partial charge >= 0.3 is 0 Å². The number of carbonyl (C=O) groups excluding carboxylic acids is 1. The van der Waals surface area contributed by atoms with Gasteiger partial charge in [-0.05, 0) is 42.0 Å². The molecule has 4 nitrogen and oxygen atoms in total. The summed E-state index contributed by atoms with van der Waals surface area (Å²) < 4.78 is 13.4. The van der Waals surface area contributed by atoms with Crippen molar-refractivity contribution in [1.82, 2.24) is 15.3 Å². The summed E-state index contributed by atoms with van der Waals surface area (Å²) in [5, 5.41) is 3.50. The summed E-state index contributed by atoms with van der Waals surface area (Å²) in [5.74, 6) is -0.0523. The van der Waals surface area contributed by atoms with Gasteiger partial charge in [-0.15, -0.1) is 0 Å². The van der Waals surface area contributed by atoms with Gasteiger partial charge in [-0.1, -0.05) is 37.6 Å². The number of carbonyl (C=O) groups is 1. The fourth-order valence-corrected chi connectivity index (χ4v) is 2.73. The van der Waals surface area contributed by atoms with Crippen molar-refractivity contribution in [3.63, 3.8) is 0 Å². The van der Waals surface area contributed by atoms with Crippen LogP contribution in [-0.4, -0.2) is 22.4 Å². The monoisotopic (exact) mass is 383 g/mol. The van der Waals surface area contributed by atoms with Crippen LogP contribution in [0.2, 0.25) is 5.02 Å². The average molecular weight is 384 g/mol. The number of hydrogen-bond donors (Lipinski definition) is 1. The zero-order valence-electron chi connectivity index (χ0n) is 15.0. The molecule has 27 heavy (non-hydrogen) atoms. The second kappa shape index (κ2) is 7.84. The molecule has 1 aromatic heterocycles. The molecule has 3 rings (SSSR count). The molecule has 0 aliphatic heterocycles. The first-order valence-electron chi connectivity index (χ1n) is 8.47. The van der Waals surface area contributed by atoms with Gasteiger partial charge in [-0.3, -0.25) is 4.79 Å². The highest BCUT2D eigenvalue weighted by molar-refractivity contribution is 6.30. The molecule has 0 unspecified atom stereocenters. The summed E-state index contributed by atoms with van der Waals surface area (Å²) in [4.78, 5) is 20.9. The number of hydrogen-bond acceptors (Lipinski definition) is 3. The maximum absolute atomic E-state index is 13.4. The number of rotatable bonds is 5. The Balaban J connectivity index is 1.66. The van der Waals surface area contributed by atoms with E-state index in [4.69, 9.17) is 11.6 Å². The third-order valence-corrected chi connectivity index (χ3v) is 4.57. The van der Waals surface area contributed by atoms with Gasteiger partial charge in [0.25, 0.3) is 5.91 Å². The number of nitrogens with zero attached hydrogens (tertiary/aromatic N) is 2. The van der Waals surface area contributed by atoms with Crippen LogP contribution < -0.4 is 5.32 Å². The first-order valence-corrected chi connectivity index (χ1v) is 8.85. The molecule has 0 radical (unpaired) electrons. The lowest BCUT2D eigenvalue weighted by atomic mass is 9.84. The Morgan fingerprint density at radius 1 is 1.11 bits per heavy atom. The van der Waals surface area contributed by atoms with Crippen LogP contribution in [0.3, 0.4) is 0 Å². The number of halogens is 2. The maximum Gasteiger partial charge on any atom is 0.254 e. The summed E-state index contributed by atoms with van der Waals surface area (Å²) in [5.41, 5.74) is 1.58. The molecule has 0 fully saturated rings. The van der Waals surface area contributed by atoms with E-state index in [1.807, 2.05) is 32.0 Å². The highest BCUT2D eigenvalue weighted by Crippen LogP contribution is 2.23. The van der Waals surface area contributed by atoms with Crippen LogP contribution >= 0.6 is 11.6 Å². The first-order chi connectivity index (χ1) is 12.8. The van der Waals surface area contributed by atoms with Crippen molar-refractivity contribution in [2.75, 3.05) is 6.54 Å². The lowest BCUT2D eigenvalue weighted by Gasteiger charge is -2.25. The van der Waals surface area contributed by atoms with E-state index < -0.39 is 5.41 Å². The molecule has 1 amide bonds. The molecule has 0 spiro atoms. The predicted molar refractivity (Wildman–Crippen MR) is 104 cm³/mol. The Bertz CT molecular complexity index is 940. The Hall–Kier alpha value is -2.79. The van der Waals surface area contributed by atoms with Crippen LogP contribution in [0.15, 0.2) is 60.9 Å². The molecule has 1 N–H and O–H groups in total. The van der Waals surface area contributed by atoms with Gasteiger partial charge in [0.15, 0.2) is 5.82 Å². The van der Waals surface area contributed by atoms with Gasteiger partial charge in [0, 0.05) is 34.9 Å². The van der Waals surface area contributed by atoms with Gasteiger partial charge in [-0.25, -0.2) is 14.4 Å². The van der Waals surface area contributed by atoms with Crippen LogP contribution in [0.1, 0.15) is 29.8 Å². The topological polar surface area (TPSA) is 54.9 Å². The van der Waals surface area contributed by atoms with Crippen LogP contribution in [0.4, 0.5) is 4.39 Å². The van der Waals surface area contributed by atoms with Crippen molar-refractivity contribution in [2.45, 2.75) is 19.3 Å². The quantitative estimate of drug-likeness (QED) is 0.698. The van der Waals surface area contributed by atoms with Crippen molar-refractivity contribution in [1.29, 1.82) is 0 Å². The highest BCUT2D eigenvalue weighted by Gasteiger charge is 2.22. The highest BCUT2D eigenvalue weighted by atomic mass is 35.5. The third kappa shape index (κ3) is 4.68. The van der Waals surface area contributed by atoms with Crippen molar-refractivity contribution < 1.29 is 9.18 Å². The molecule has 1 heterocycles. The molecular formula is C21H19ClFN3O. The molecule has 0 saturated heterocycles. The number of nitrogens with one attached hydrogen (secondary N) is 1. The molecule has 0 aliphatic rings. The van der Waals surface area contributed by atoms with E-state index in [-0.39, 0.29) is 11.7 Å². The second-order valence-electron chi connectivity index (χ2n) is 6.88. The number of benzene rings is 2. The molecule has 0 saturated carbocycles. The fourth-order valence-electron chi connectivity index (χ4n) is 2.61. The van der Waals surface area contributed by atoms with Crippen molar-refractivity contribution in [3.05, 3.63) is 82.9 Å². The molecular weight excluding hydrogens is 365 g/mol. The SMILES string of the molecule is CC(C)(CNC(=O)c1cnc(-c2ccc(Cl)cc2)nc1)c1cccc(F)c1. The minimum atomic E-state index is -0.415. The lowest BCUT2D eigenvalue weighted by Crippen LogP contribution is -2.36. The van der Waals surface area contributed by atoms with E-state index in [2.05, 4.69) is 15.3 Å². The molecule has 0 aliphatic carbocycles. The lowest BCUT2D eigenvalue weighted by molar-refractivity contribution is 0.0945. The van der Waals surface area contributed by atoms with E-state index in [0.717, 1.165) is 11.1 Å². The van der Waals surface area contributed by atoms with Crippen LogP contribution in [-0.2, 0) is 5.41 Å². The van der Waals surface area contributed by atoms with Crippen molar-refractivity contribution in [3.8, 4) is 11.4 Å². The van der Waals surface area contributed by atoms with Crippen molar-refractivity contribution in [2.24, 2.45) is 0 Å². The predicted octanol–water partition coefficient (Wildman–Crippen LogP) is 4.64. The van der Waals surface area contributed by atoms with E-state index in [9.17, 15) is 9.18 Å². The molecule has 138 valence electrons. The largest absolute Gasteiger partial charge is 0.351 e. The minimum absolute atomic E-state index is 0.276. The van der Waals surface area contributed by atoms with Crippen LogP contribution in [0, 0.1) is 5.82 Å². The smallest absolute Gasteiger partial charge is 0.254 e. The summed E-state index contributed by atoms with van der Waals surface area (Å²) in [6.45, 7) is 4.25. The normalized spacial score (nSPS) is 11.3. The van der Waals surface area contributed by atoms with Gasteiger partial charge in [0.05, 0.1) is 5.56 Å². The Morgan fingerprint density at radius 2 is 1.78 bits per heavy atom. The van der Waals surface area contributed by atoms with Gasteiger partial charge in [0.1, 0.15) is 5.82 Å². The summed E-state index contributed by atoms with van der Waals surface area (Å²) >= 11 is 5.88. The Kier molecular flexibility index (Phi) is 5.51. The van der Waals surface area contributed by atoms with E-state index in [1.165, 1.54) is 24.5 Å². The zero-order chi connectivity index (χ0) is 19.4. The van der Waals surface area contributed by atoms with Crippen LogP contribution in [0.25, 0.3) is 11.4 Å². The van der Waals surface area contributed by atoms with E-state index in [0.29, 0.717) is 23.0 Å². The molecule has 2 aromatic carbocycles.